The van der Waals surface area contributed by atoms with Crippen LogP contribution in [-0.4, -0.2) is 15.7 Å². The summed E-state index contributed by atoms with van der Waals surface area (Å²) in [5, 5.41) is 6.88. The first-order chi connectivity index (χ1) is 9.43. The van der Waals surface area contributed by atoms with Crippen molar-refractivity contribution in [2.24, 2.45) is 7.05 Å². The van der Waals surface area contributed by atoms with Gasteiger partial charge in [-0.25, -0.2) is 4.39 Å². The molecule has 2 aromatic rings. The van der Waals surface area contributed by atoms with Gasteiger partial charge in [-0.3, -0.25) is 9.48 Å². The van der Waals surface area contributed by atoms with E-state index in [0.717, 1.165) is 6.07 Å². The second-order valence-corrected chi connectivity index (χ2v) is 4.67. The molecule has 106 valence electrons. The van der Waals surface area contributed by atoms with E-state index < -0.39 is 11.7 Å². The number of aromatic nitrogens is 2. The summed E-state index contributed by atoms with van der Waals surface area (Å²) in [6.07, 6.45) is 0.629. The number of nitrogens with one attached hydrogen (secondary N) is 1. The number of amides is 1. The largest absolute Gasteiger partial charge is 0.395 e. The number of nitrogens with zero attached hydrogens (tertiary/aromatic N) is 2. The maximum Gasteiger partial charge on any atom is 0.276 e. The molecule has 0 bridgehead atoms. The van der Waals surface area contributed by atoms with Crippen LogP contribution in [0.2, 0.25) is 5.02 Å². The van der Waals surface area contributed by atoms with Crippen LogP contribution in [0.15, 0.2) is 18.2 Å². The lowest BCUT2D eigenvalue weighted by Gasteiger charge is -2.08. The number of aryl methyl sites for hydroxylation is 2. The van der Waals surface area contributed by atoms with Crippen molar-refractivity contribution in [1.82, 2.24) is 9.78 Å². The van der Waals surface area contributed by atoms with Crippen LogP contribution in [0.3, 0.4) is 0 Å². The first-order valence-corrected chi connectivity index (χ1v) is 6.39. The lowest BCUT2D eigenvalue weighted by Crippen LogP contribution is -2.18. The first-order valence-electron chi connectivity index (χ1n) is 6.01. The molecule has 0 aliphatic heterocycles. The zero-order chi connectivity index (χ0) is 14.9. The predicted octanol–water partition coefficient (Wildman–Crippen LogP) is 2.61. The van der Waals surface area contributed by atoms with Crippen molar-refractivity contribution in [3.05, 3.63) is 40.4 Å². The van der Waals surface area contributed by atoms with E-state index in [2.05, 4.69) is 10.4 Å². The van der Waals surface area contributed by atoms with Gasteiger partial charge in [-0.2, -0.15) is 5.10 Å². The molecule has 0 aliphatic rings. The van der Waals surface area contributed by atoms with Crippen LogP contribution in [0.1, 0.15) is 23.1 Å². The van der Waals surface area contributed by atoms with Crippen molar-refractivity contribution in [2.75, 3.05) is 11.1 Å². The van der Waals surface area contributed by atoms with Crippen molar-refractivity contribution in [3.63, 3.8) is 0 Å². The van der Waals surface area contributed by atoms with Gasteiger partial charge < -0.3 is 11.1 Å². The number of anilines is 2. The highest BCUT2D eigenvalue weighted by Crippen LogP contribution is 2.24. The van der Waals surface area contributed by atoms with Gasteiger partial charge in [0.1, 0.15) is 11.5 Å². The highest BCUT2D eigenvalue weighted by atomic mass is 35.5. The Morgan fingerprint density at radius 1 is 1.55 bits per heavy atom. The third kappa shape index (κ3) is 2.60. The number of rotatable bonds is 3. The summed E-state index contributed by atoms with van der Waals surface area (Å²) in [5.41, 5.74) is 7.46. The zero-order valence-corrected chi connectivity index (χ0v) is 11.8. The molecule has 0 saturated heterocycles. The molecule has 7 heteroatoms. The minimum Gasteiger partial charge on any atom is -0.395 e. The van der Waals surface area contributed by atoms with E-state index in [1.165, 1.54) is 16.8 Å². The average Bonchev–Trinajstić information content (AvgIpc) is 2.67. The molecule has 1 aromatic carbocycles. The number of halogens is 2. The van der Waals surface area contributed by atoms with Gasteiger partial charge >= 0.3 is 0 Å². The minimum absolute atomic E-state index is 0.120. The normalized spacial score (nSPS) is 10.6. The number of nitrogens with two attached hydrogens (primary N) is 1. The molecule has 0 fully saturated rings. The van der Waals surface area contributed by atoms with Gasteiger partial charge in [0.15, 0.2) is 0 Å². The second-order valence-electron chi connectivity index (χ2n) is 4.26. The molecule has 1 aromatic heterocycles. The van der Waals surface area contributed by atoms with Crippen molar-refractivity contribution in [3.8, 4) is 0 Å². The molecule has 2 rings (SSSR count). The summed E-state index contributed by atoms with van der Waals surface area (Å²) in [4.78, 5) is 12.2. The zero-order valence-electron chi connectivity index (χ0n) is 11.1. The Hall–Kier alpha value is -2.08. The second kappa shape index (κ2) is 5.50. The van der Waals surface area contributed by atoms with Crippen molar-refractivity contribution >= 4 is 28.9 Å². The first kappa shape index (κ1) is 14.3. The molecule has 0 unspecified atom stereocenters. The molecule has 20 heavy (non-hydrogen) atoms. The van der Waals surface area contributed by atoms with Gasteiger partial charge in [-0.05, 0) is 24.6 Å². The van der Waals surface area contributed by atoms with E-state index in [1.807, 2.05) is 6.92 Å². The van der Waals surface area contributed by atoms with Crippen LogP contribution in [0.25, 0.3) is 0 Å². The number of nitrogen functional groups attached to an aromatic ring is 1. The molecular weight excluding hydrogens is 283 g/mol. The van der Waals surface area contributed by atoms with Gasteiger partial charge in [0, 0.05) is 7.05 Å². The van der Waals surface area contributed by atoms with E-state index in [-0.39, 0.29) is 10.7 Å². The van der Waals surface area contributed by atoms with Crippen LogP contribution in [-0.2, 0) is 13.5 Å². The fraction of sp³-hybridized carbons (Fsp3) is 0.231. The fourth-order valence-corrected chi connectivity index (χ4v) is 2.11. The van der Waals surface area contributed by atoms with Gasteiger partial charge in [0.25, 0.3) is 5.91 Å². The maximum absolute atomic E-state index is 13.0. The highest BCUT2D eigenvalue weighted by Gasteiger charge is 2.19. The molecule has 5 nitrogen and oxygen atoms in total. The van der Waals surface area contributed by atoms with Gasteiger partial charge in [0.05, 0.1) is 22.1 Å². The molecule has 3 N–H and O–H groups in total. The molecular formula is C13H14ClFN4O. The van der Waals surface area contributed by atoms with Crippen molar-refractivity contribution in [2.45, 2.75) is 13.3 Å². The molecule has 0 spiro atoms. The lowest BCUT2D eigenvalue weighted by molar-refractivity contribution is 0.101. The minimum atomic E-state index is -0.471. The lowest BCUT2D eigenvalue weighted by atomic mass is 10.2. The topological polar surface area (TPSA) is 72.9 Å². The van der Waals surface area contributed by atoms with Crippen molar-refractivity contribution < 1.29 is 9.18 Å². The van der Waals surface area contributed by atoms with Gasteiger partial charge in [0.2, 0.25) is 0 Å². The molecule has 0 saturated carbocycles. The predicted molar refractivity (Wildman–Crippen MR) is 76.4 cm³/mol. The molecule has 1 amide bonds. The maximum atomic E-state index is 13.0. The quantitative estimate of drug-likeness (QED) is 0.914. The number of carbonyl (C=O) groups is 1. The molecule has 0 aliphatic carbocycles. The summed E-state index contributed by atoms with van der Waals surface area (Å²) >= 11 is 5.86. The van der Waals surface area contributed by atoms with Crippen molar-refractivity contribution in [1.29, 1.82) is 0 Å². The molecule has 1 heterocycles. The monoisotopic (exact) mass is 296 g/mol. The smallest absolute Gasteiger partial charge is 0.276 e. The van der Waals surface area contributed by atoms with Gasteiger partial charge in [-0.1, -0.05) is 18.5 Å². The van der Waals surface area contributed by atoms with Crippen LogP contribution in [0.4, 0.5) is 15.8 Å². The number of hydrogen-bond donors (Lipinski definition) is 2. The Balaban J connectivity index is 2.31. The molecule has 0 radical (unpaired) electrons. The van der Waals surface area contributed by atoms with E-state index >= 15 is 0 Å². The summed E-state index contributed by atoms with van der Waals surface area (Å²) in [7, 11) is 1.64. The summed E-state index contributed by atoms with van der Waals surface area (Å²) in [5.74, 6) is -0.910. The summed E-state index contributed by atoms with van der Waals surface area (Å²) in [6.45, 7) is 1.90. The number of benzene rings is 1. The number of carbonyl (C=O) groups excluding carboxylic acids is 1. The van der Waals surface area contributed by atoms with E-state index in [1.54, 1.807) is 7.05 Å². The Morgan fingerprint density at radius 2 is 2.25 bits per heavy atom. The fourth-order valence-electron chi connectivity index (χ4n) is 1.90. The van der Waals surface area contributed by atoms with Crippen LogP contribution < -0.4 is 11.1 Å². The third-order valence-electron chi connectivity index (χ3n) is 2.89. The summed E-state index contributed by atoms with van der Waals surface area (Å²) < 4.78 is 14.4. The van der Waals surface area contributed by atoms with E-state index in [0.29, 0.717) is 23.5 Å². The Kier molecular flexibility index (Phi) is 3.94. The van der Waals surface area contributed by atoms with E-state index in [9.17, 15) is 9.18 Å². The van der Waals surface area contributed by atoms with Crippen LogP contribution in [0.5, 0.6) is 0 Å². The SMILES string of the molecule is CCc1nn(C)c(C(=O)Nc2ccc(F)cc2Cl)c1N. The number of hydrogen-bond acceptors (Lipinski definition) is 3. The Morgan fingerprint density at radius 3 is 2.80 bits per heavy atom. The average molecular weight is 297 g/mol. The Bertz CT molecular complexity index is 669. The highest BCUT2D eigenvalue weighted by molar-refractivity contribution is 6.34. The summed E-state index contributed by atoms with van der Waals surface area (Å²) in [6, 6.07) is 3.73. The third-order valence-corrected chi connectivity index (χ3v) is 3.20. The Labute approximate surface area is 120 Å². The van der Waals surface area contributed by atoms with Crippen LogP contribution >= 0.6 is 11.6 Å². The van der Waals surface area contributed by atoms with Crippen LogP contribution in [0, 0.1) is 5.82 Å². The molecule has 0 atom stereocenters. The van der Waals surface area contributed by atoms with Gasteiger partial charge in [-0.15, -0.1) is 0 Å². The standard InChI is InChI=1S/C13H14ClFN4O/c1-3-9-11(16)12(19(2)18-9)13(20)17-10-5-4-7(15)6-8(10)14/h4-6H,3,16H2,1-2H3,(H,17,20). The van der Waals surface area contributed by atoms with E-state index in [4.69, 9.17) is 17.3 Å².